The van der Waals surface area contributed by atoms with Gasteiger partial charge in [0.15, 0.2) is 0 Å². The van der Waals surface area contributed by atoms with Crippen molar-refractivity contribution < 1.29 is 19.2 Å². The Balaban J connectivity index is 1.32. The van der Waals surface area contributed by atoms with Gasteiger partial charge in [-0.05, 0) is 42.0 Å². The predicted octanol–water partition coefficient (Wildman–Crippen LogP) is -0.0729. The Kier molecular flexibility index (Phi) is 7.92. The first-order valence-corrected chi connectivity index (χ1v) is 13.4. The average molecular weight is 534 g/mol. The number of amides is 4. The van der Waals surface area contributed by atoms with Crippen LogP contribution in [-0.2, 0) is 27.2 Å². The zero-order valence-electron chi connectivity index (χ0n) is 22.1. The summed E-state index contributed by atoms with van der Waals surface area (Å²) < 4.78 is 0. The molecule has 4 atom stereocenters. The fourth-order valence-electron chi connectivity index (χ4n) is 5.43. The Bertz CT molecular complexity index is 1250. The summed E-state index contributed by atoms with van der Waals surface area (Å²) in [4.78, 5) is 55.0. The highest BCUT2D eigenvalue weighted by atomic mass is 16.2. The maximum atomic E-state index is 13.9. The number of para-hydroxylation sites is 1. The number of nitrogens with zero attached hydrogens (tertiary/aromatic N) is 1. The molecule has 39 heavy (non-hydrogen) atoms. The van der Waals surface area contributed by atoms with Crippen molar-refractivity contribution in [1.82, 2.24) is 32.3 Å². The normalized spacial score (nSPS) is 22.7. The summed E-state index contributed by atoms with van der Waals surface area (Å²) in [7, 11) is 0. The minimum atomic E-state index is -0.828. The molecule has 0 saturated carbocycles. The van der Waals surface area contributed by atoms with Gasteiger partial charge < -0.3 is 16.0 Å². The van der Waals surface area contributed by atoms with Crippen LogP contribution in [-0.4, -0.2) is 60.9 Å². The average Bonchev–Trinajstić information content (AvgIpc) is 3.57. The van der Waals surface area contributed by atoms with E-state index in [4.69, 9.17) is 0 Å². The summed E-state index contributed by atoms with van der Waals surface area (Å²) in [6.07, 6.45) is 1.39. The predicted molar refractivity (Wildman–Crippen MR) is 145 cm³/mol. The largest absolute Gasteiger partial charge is 0.353 e. The van der Waals surface area contributed by atoms with Gasteiger partial charge in [-0.2, -0.15) is 5.53 Å². The van der Waals surface area contributed by atoms with E-state index in [1.807, 2.05) is 38.1 Å². The zero-order valence-corrected chi connectivity index (χ0v) is 22.1. The molecule has 11 nitrogen and oxygen atoms in total. The molecule has 206 valence electrons. The van der Waals surface area contributed by atoms with Crippen LogP contribution in [0.3, 0.4) is 0 Å². The van der Waals surface area contributed by atoms with Crippen molar-refractivity contribution in [3.63, 3.8) is 0 Å². The lowest BCUT2D eigenvalue weighted by Crippen LogP contribution is -2.58. The lowest BCUT2D eigenvalue weighted by Gasteiger charge is -2.29. The Morgan fingerprint density at radius 2 is 1.82 bits per heavy atom. The number of hydrazine groups is 2. The Morgan fingerprint density at radius 1 is 1.05 bits per heavy atom. The van der Waals surface area contributed by atoms with Crippen molar-refractivity contribution in [1.29, 1.82) is 0 Å². The first-order valence-electron chi connectivity index (χ1n) is 13.4. The van der Waals surface area contributed by atoms with Gasteiger partial charge in [-0.1, -0.05) is 50.2 Å². The first kappa shape index (κ1) is 26.8. The fourth-order valence-corrected chi connectivity index (χ4v) is 5.43. The molecule has 2 aromatic rings. The number of hydrogen-bond acceptors (Lipinski definition) is 7. The molecule has 1 fully saturated rings. The standard InChI is InChI=1S/C28H35N7O4/c1-16(2)23(32-25(36)18-7-4-3-5-8-18)27(38)31-21-12-11-17-9-6-10-19-13-22(35(24(17)19)28(21)39)26(37)29-14-20-15-30-34-33-20/h3-10,16,20-23,30,33-34H,11-15H2,1-2H3,(H,29,37)(H,31,38)(H,32,36)/t20?,21-,22-,23-/m0/s1. The quantitative estimate of drug-likeness (QED) is 0.279. The van der Waals surface area contributed by atoms with E-state index in [-0.39, 0.29) is 29.7 Å². The van der Waals surface area contributed by atoms with Crippen molar-refractivity contribution in [2.24, 2.45) is 5.92 Å². The second kappa shape index (κ2) is 11.5. The minimum absolute atomic E-state index is 0.0271. The highest BCUT2D eigenvalue weighted by Gasteiger charge is 2.44. The summed E-state index contributed by atoms with van der Waals surface area (Å²) >= 11 is 0. The molecule has 1 unspecified atom stereocenters. The molecule has 1 saturated heterocycles. The van der Waals surface area contributed by atoms with Gasteiger partial charge in [0.05, 0.1) is 11.7 Å². The third-order valence-corrected chi connectivity index (χ3v) is 7.53. The molecule has 0 bridgehead atoms. The second-order valence-corrected chi connectivity index (χ2v) is 10.6. The smallest absolute Gasteiger partial charge is 0.251 e. The maximum absolute atomic E-state index is 13.9. The SMILES string of the molecule is CC(C)[C@H](NC(=O)c1ccccc1)C(=O)N[C@H]1CCc2cccc3c2N(C1=O)[C@H](C(=O)NCC1CNNN1)C3. The number of anilines is 1. The summed E-state index contributed by atoms with van der Waals surface area (Å²) in [5.41, 5.74) is 11.9. The van der Waals surface area contributed by atoms with Crippen LogP contribution < -0.4 is 37.2 Å². The summed E-state index contributed by atoms with van der Waals surface area (Å²) in [5.74, 6) is -1.54. The van der Waals surface area contributed by atoms with E-state index >= 15 is 0 Å². The van der Waals surface area contributed by atoms with E-state index in [1.54, 1.807) is 29.2 Å². The summed E-state index contributed by atoms with van der Waals surface area (Å²) in [5, 5.41) is 8.69. The number of carbonyl (C=O) groups excluding carboxylic acids is 4. The van der Waals surface area contributed by atoms with E-state index in [0.29, 0.717) is 37.9 Å². The molecule has 0 aromatic heterocycles. The Labute approximate surface area is 227 Å². The Hall–Kier alpha value is -3.80. The fraction of sp³-hybridized carbons (Fsp3) is 0.429. The molecule has 11 heteroatoms. The van der Waals surface area contributed by atoms with Crippen LogP contribution in [0.1, 0.15) is 41.8 Å². The van der Waals surface area contributed by atoms with E-state index in [1.165, 1.54) is 0 Å². The van der Waals surface area contributed by atoms with Gasteiger partial charge in [-0.15, -0.1) is 0 Å². The van der Waals surface area contributed by atoms with E-state index in [0.717, 1.165) is 16.8 Å². The zero-order chi connectivity index (χ0) is 27.5. The molecule has 4 amide bonds. The van der Waals surface area contributed by atoms with Crippen LogP contribution in [0.15, 0.2) is 48.5 Å². The van der Waals surface area contributed by atoms with Crippen molar-refractivity contribution in [2.75, 3.05) is 18.0 Å². The van der Waals surface area contributed by atoms with Gasteiger partial charge in [0.1, 0.15) is 18.1 Å². The molecular formula is C28H35N7O4. The van der Waals surface area contributed by atoms with Gasteiger partial charge in [0, 0.05) is 25.1 Å². The molecule has 5 rings (SSSR count). The maximum Gasteiger partial charge on any atom is 0.251 e. The number of rotatable bonds is 8. The highest BCUT2D eigenvalue weighted by molar-refractivity contribution is 6.08. The van der Waals surface area contributed by atoms with Gasteiger partial charge in [0.2, 0.25) is 17.7 Å². The number of carbonyl (C=O) groups is 4. The molecule has 3 aliphatic rings. The molecule has 6 N–H and O–H groups in total. The number of nitrogens with one attached hydrogen (secondary N) is 6. The summed E-state index contributed by atoms with van der Waals surface area (Å²) in [6.45, 7) is 4.75. The van der Waals surface area contributed by atoms with Crippen LogP contribution >= 0.6 is 0 Å². The summed E-state index contributed by atoms with van der Waals surface area (Å²) in [6, 6.07) is 12.2. The minimum Gasteiger partial charge on any atom is -0.353 e. The van der Waals surface area contributed by atoms with Crippen LogP contribution in [0.2, 0.25) is 0 Å². The van der Waals surface area contributed by atoms with Crippen molar-refractivity contribution in [3.8, 4) is 0 Å². The molecule has 2 aromatic carbocycles. The first-order chi connectivity index (χ1) is 18.8. The third-order valence-electron chi connectivity index (χ3n) is 7.53. The molecule has 0 aliphatic carbocycles. The number of aryl methyl sites for hydroxylation is 1. The van der Waals surface area contributed by atoms with Crippen molar-refractivity contribution >= 4 is 29.3 Å². The number of benzene rings is 2. The van der Waals surface area contributed by atoms with E-state index in [2.05, 4.69) is 32.3 Å². The lowest BCUT2D eigenvalue weighted by molar-refractivity contribution is -0.130. The van der Waals surface area contributed by atoms with Crippen LogP contribution in [0.5, 0.6) is 0 Å². The van der Waals surface area contributed by atoms with Crippen molar-refractivity contribution in [2.45, 2.75) is 57.3 Å². The topological polar surface area (TPSA) is 144 Å². The lowest BCUT2D eigenvalue weighted by atomic mass is 9.99. The molecule has 3 aliphatic heterocycles. The van der Waals surface area contributed by atoms with Crippen LogP contribution in [0, 0.1) is 5.92 Å². The molecule has 0 spiro atoms. The van der Waals surface area contributed by atoms with Crippen LogP contribution in [0.4, 0.5) is 5.69 Å². The molecular weight excluding hydrogens is 498 g/mol. The van der Waals surface area contributed by atoms with Gasteiger partial charge in [0.25, 0.3) is 5.91 Å². The highest BCUT2D eigenvalue weighted by Crippen LogP contribution is 2.39. The monoisotopic (exact) mass is 533 g/mol. The van der Waals surface area contributed by atoms with E-state index < -0.39 is 24.0 Å². The van der Waals surface area contributed by atoms with Gasteiger partial charge in [-0.3, -0.25) is 24.1 Å². The third kappa shape index (κ3) is 5.65. The van der Waals surface area contributed by atoms with E-state index in [9.17, 15) is 19.2 Å². The van der Waals surface area contributed by atoms with Crippen LogP contribution in [0.25, 0.3) is 0 Å². The second-order valence-electron chi connectivity index (χ2n) is 10.6. The molecule has 0 radical (unpaired) electrons. The van der Waals surface area contributed by atoms with Crippen molar-refractivity contribution in [3.05, 3.63) is 65.2 Å². The number of hydrogen-bond donors (Lipinski definition) is 6. The Morgan fingerprint density at radius 3 is 2.54 bits per heavy atom. The van der Waals surface area contributed by atoms with Gasteiger partial charge in [-0.25, -0.2) is 10.9 Å². The van der Waals surface area contributed by atoms with Gasteiger partial charge >= 0.3 is 0 Å². The molecule has 3 heterocycles.